The molecule has 5 heteroatoms. The van der Waals surface area contributed by atoms with Crippen molar-refractivity contribution in [2.45, 2.75) is 26.9 Å². The second kappa shape index (κ2) is 6.18. The van der Waals surface area contributed by atoms with E-state index in [0.717, 1.165) is 11.4 Å². The van der Waals surface area contributed by atoms with E-state index in [1.807, 2.05) is 50.7 Å². The molecule has 0 unspecified atom stereocenters. The van der Waals surface area contributed by atoms with Crippen molar-refractivity contribution in [3.8, 4) is 22.9 Å². The zero-order chi connectivity index (χ0) is 14.7. The van der Waals surface area contributed by atoms with E-state index < -0.39 is 0 Å². The molecule has 20 heavy (non-hydrogen) atoms. The monoisotopic (exact) mass is 294 g/mol. The normalized spacial score (nSPS) is 10.9. The van der Waals surface area contributed by atoms with E-state index in [4.69, 9.17) is 21.1 Å². The molecule has 4 nitrogen and oxygen atoms in total. The molecule has 108 valence electrons. The van der Waals surface area contributed by atoms with E-state index >= 15 is 0 Å². The minimum atomic E-state index is 0.0331. The number of rotatable bonds is 5. The Bertz CT molecular complexity index is 594. The number of halogens is 1. The van der Waals surface area contributed by atoms with Gasteiger partial charge in [0.2, 0.25) is 0 Å². The standard InChI is InChI=1S/C15H19ClN2O2/c1-5-19-13-9-11(15-17-6-7-18(15)4)8-12(16)14(13)20-10(2)3/h6-10H,5H2,1-4H3. The largest absolute Gasteiger partial charge is 0.490 e. The summed E-state index contributed by atoms with van der Waals surface area (Å²) in [6.07, 6.45) is 3.68. The number of nitrogens with zero attached hydrogens (tertiary/aromatic N) is 2. The molecular weight excluding hydrogens is 276 g/mol. The van der Waals surface area contributed by atoms with Gasteiger partial charge in [-0.3, -0.25) is 0 Å². The zero-order valence-corrected chi connectivity index (χ0v) is 12.9. The smallest absolute Gasteiger partial charge is 0.180 e. The van der Waals surface area contributed by atoms with Gasteiger partial charge in [0.25, 0.3) is 0 Å². The summed E-state index contributed by atoms with van der Waals surface area (Å²) in [5, 5.41) is 0.530. The van der Waals surface area contributed by atoms with Crippen LogP contribution in [0.1, 0.15) is 20.8 Å². The Kier molecular flexibility index (Phi) is 4.55. The molecule has 0 N–H and O–H groups in total. The Morgan fingerprint density at radius 1 is 1.35 bits per heavy atom. The zero-order valence-electron chi connectivity index (χ0n) is 12.2. The molecule has 0 spiro atoms. The van der Waals surface area contributed by atoms with Gasteiger partial charge in [-0.05, 0) is 32.9 Å². The summed E-state index contributed by atoms with van der Waals surface area (Å²) in [6, 6.07) is 3.76. The van der Waals surface area contributed by atoms with Crippen LogP contribution in [-0.4, -0.2) is 22.3 Å². The number of imidazole rings is 1. The third-order valence-corrected chi connectivity index (χ3v) is 3.02. The molecule has 0 aliphatic heterocycles. The van der Waals surface area contributed by atoms with Crippen LogP contribution in [0.25, 0.3) is 11.4 Å². The first-order valence-corrected chi connectivity index (χ1v) is 7.01. The molecule has 0 amide bonds. The van der Waals surface area contributed by atoms with Crippen molar-refractivity contribution in [2.24, 2.45) is 7.05 Å². The highest BCUT2D eigenvalue weighted by Gasteiger charge is 2.16. The van der Waals surface area contributed by atoms with Crippen molar-refractivity contribution >= 4 is 11.6 Å². The lowest BCUT2D eigenvalue weighted by molar-refractivity contribution is 0.224. The van der Waals surface area contributed by atoms with E-state index in [0.29, 0.717) is 23.1 Å². The van der Waals surface area contributed by atoms with Gasteiger partial charge in [0, 0.05) is 25.0 Å². The lowest BCUT2D eigenvalue weighted by Gasteiger charge is -2.17. The van der Waals surface area contributed by atoms with Gasteiger partial charge in [0.15, 0.2) is 11.5 Å². The molecule has 2 aromatic rings. The number of hydrogen-bond acceptors (Lipinski definition) is 3. The molecule has 0 saturated carbocycles. The molecule has 0 bridgehead atoms. The average molecular weight is 295 g/mol. The fraction of sp³-hybridized carbons (Fsp3) is 0.400. The molecular formula is C15H19ClN2O2. The van der Waals surface area contributed by atoms with E-state index in [1.54, 1.807) is 6.20 Å². The van der Waals surface area contributed by atoms with Gasteiger partial charge in [0.1, 0.15) is 5.82 Å². The quantitative estimate of drug-likeness (QED) is 0.838. The second-order valence-corrected chi connectivity index (χ2v) is 5.15. The summed E-state index contributed by atoms with van der Waals surface area (Å²) in [7, 11) is 1.94. The molecule has 1 heterocycles. The molecule has 0 aliphatic rings. The molecule has 1 aromatic heterocycles. The van der Waals surface area contributed by atoms with Crippen LogP contribution in [0.2, 0.25) is 5.02 Å². The van der Waals surface area contributed by atoms with E-state index in [-0.39, 0.29) is 6.10 Å². The lowest BCUT2D eigenvalue weighted by Crippen LogP contribution is -2.08. The predicted octanol–water partition coefficient (Wildman–Crippen LogP) is 3.93. The number of aryl methyl sites for hydroxylation is 1. The van der Waals surface area contributed by atoms with Gasteiger partial charge in [-0.1, -0.05) is 11.6 Å². The van der Waals surface area contributed by atoms with E-state index in [9.17, 15) is 0 Å². The van der Waals surface area contributed by atoms with Crippen molar-refractivity contribution in [1.82, 2.24) is 9.55 Å². The summed E-state index contributed by atoms with van der Waals surface area (Å²) in [4.78, 5) is 4.33. The maximum atomic E-state index is 6.34. The van der Waals surface area contributed by atoms with E-state index in [2.05, 4.69) is 4.98 Å². The fourth-order valence-corrected chi connectivity index (χ4v) is 2.21. The second-order valence-electron chi connectivity index (χ2n) is 4.75. The molecule has 0 fully saturated rings. The maximum absolute atomic E-state index is 6.34. The molecule has 0 saturated heterocycles. The van der Waals surface area contributed by atoms with Gasteiger partial charge in [0.05, 0.1) is 17.7 Å². The molecule has 0 aliphatic carbocycles. The van der Waals surface area contributed by atoms with Crippen molar-refractivity contribution in [1.29, 1.82) is 0 Å². The SMILES string of the molecule is CCOc1cc(-c2nccn2C)cc(Cl)c1OC(C)C. The van der Waals surface area contributed by atoms with Crippen molar-refractivity contribution in [3.05, 3.63) is 29.5 Å². The lowest BCUT2D eigenvalue weighted by atomic mass is 10.2. The molecule has 2 rings (SSSR count). The average Bonchev–Trinajstić information content (AvgIpc) is 2.79. The van der Waals surface area contributed by atoms with Gasteiger partial charge in [-0.2, -0.15) is 0 Å². The van der Waals surface area contributed by atoms with Crippen LogP contribution < -0.4 is 9.47 Å². The highest BCUT2D eigenvalue weighted by molar-refractivity contribution is 6.32. The van der Waals surface area contributed by atoms with Gasteiger partial charge >= 0.3 is 0 Å². The fourth-order valence-electron chi connectivity index (χ4n) is 1.95. The highest BCUT2D eigenvalue weighted by atomic mass is 35.5. The van der Waals surface area contributed by atoms with Gasteiger partial charge < -0.3 is 14.0 Å². The summed E-state index contributed by atoms with van der Waals surface area (Å²) in [6.45, 7) is 6.40. The van der Waals surface area contributed by atoms with Gasteiger partial charge in [-0.25, -0.2) is 4.98 Å². The Balaban J connectivity index is 2.50. The first-order chi connectivity index (χ1) is 9.52. The number of benzene rings is 1. The minimum Gasteiger partial charge on any atom is -0.490 e. The van der Waals surface area contributed by atoms with Crippen LogP contribution in [0, 0.1) is 0 Å². The third kappa shape index (κ3) is 3.07. The minimum absolute atomic E-state index is 0.0331. The molecule has 1 aromatic carbocycles. The van der Waals surface area contributed by atoms with Crippen LogP contribution in [0.15, 0.2) is 24.5 Å². The molecule has 0 radical (unpaired) electrons. The van der Waals surface area contributed by atoms with Gasteiger partial charge in [-0.15, -0.1) is 0 Å². The number of aromatic nitrogens is 2. The summed E-state index contributed by atoms with van der Waals surface area (Å²) in [5.41, 5.74) is 0.905. The van der Waals surface area contributed by atoms with Crippen molar-refractivity contribution in [2.75, 3.05) is 6.61 Å². The summed E-state index contributed by atoms with van der Waals surface area (Å²) < 4.78 is 13.3. The third-order valence-electron chi connectivity index (χ3n) is 2.74. The number of ether oxygens (including phenoxy) is 2. The number of hydrogen-bond donors (Lipinski definition) is 0. The Labute approximate surface area is 124 Å². The van der Waals surface area contributed by atoms with Crippen LogP contribution >= 0.6 is 11.6 Å². The Morgan fingerprint density at radius 2 is 2.10 bits per heavy atom. The Morgan fingerprint density at radius 3 is 2.65 bits per heavy atom. The summed E-state index contributed by atoms with van der Waals surface area (Å²) in [5.74, 6) is 2.07. The summed E-state index contributed by atoms with van der Waals surface area (Å²) >= 11 is 6.34. The first-order valence-electron chi connectivity index (χ1n) is 6.63. The Hall–Kier alpha value is -1.68. The first kappa shape index (κ1) is 14.7. The maximum Gasteiger partial charge on any atom is 0.180 e. The van der Waals surface area contributed by atoms with Crippen LogP contribution in [0.5, 0.6) is 11.5 Å². The highest BCUT2D eigenvalue weighted by Crippen LogP contribution is 2.39. The topological polar surface area (TPSA) is 36.3 Å². The predicted molar refractivity (Wildman–Crippen MR) is 80.6 cm³/mol. The van der Waals surface area contributed by atoms with Crippen LogP contribution in [0.4, 0.5) is 0 Å². The molecule has 0 atom stereocenters. The van der Waals surface area contributed by atoms with Crippen LogP contribution in [-0.2, 0) is 7.05 Å². The van der Waals surface area contributed by atoms with Crippen LogP contribution in [0.3, 0.4) is 0 Å². The van der Waals surface area contributed by atoms with Crippen molar-refractivity contribution < 1.29 is 9.47 Å². The van der Waals surface area contributed by atoms with Crippen molar-refractivity contribution in [3.63, 3.8) is 0 Å². The van der Waals surface area contributed by atoms with E-state index in [1.165, 1.54) is 0 Å².